The van der Waals surface area contributed by atoms with Gasteiger partial charge >= 0.3 is 0 Å². The fourth-order valence-corrected chi connectivity index (χ4v) is 3.19. The van der Waals surface area contributed by atoms with Crippen molar-refractivity contribution in [2.45, 2.75) is 18.9 Å². The lowest BCUT2D eigenvalue weighted by atomic mass is 10.1. The Kier molecular flexibility index (Phi) is 5.76. The normalized spacial score (nSPS) is 15.8. The van der Waals surface area contributed by atoms with E-state index in [1.54, 1.807) is 42.7 Å². The number of aromatic nitrogens is 2. The fraction of sp³-hybridized carbons (Fsp3) is 0.227. The van der Waals surface area contributed by atoms with Crippen LogP contribution in [-0.2, 0) is 4.74 Å². The van der Waals surface area contributed by atoms with Crippen LogP contribution in [0.2, 0.25) is 0 Å². The van der Waals surface area contributed by atoms with Gasteiger partial charge in [0.2, 0.25) is 5.95 Å². The lowest BCUT2D eigenvalue weighted by molar-refractivity contribution is 0.0858. The van der Waals surface area contributed by atoms with Crippen LogP contribution in [0.5, 0.6) is 0 Å². The zero-order chi connectivity index (χ0) is 20.1. The zero-order valence-electron chi connectivity index (χ0n) is 15.8. The van der Waals surface area contributed by atoms with Crippen molar-refractivity contribution in [1.82, 2.24) is 15.3 Å². The SMILES string of the molecule is O=C(NC[C@H]1CCCO1)c1cccc(Nc2ncc(-c3cccc(F)c3)cn2)c1. The number of carbonyl (C=O) groups is 1. The van der Waals surface area contributed by atoms with Gasteiger partial charge in [-0.1, -0.05) is 18.2 Å². The molecule has 2 heterocycles. The molecule has 6 nitrogen and oxygen atoms in total. The molecule has 0 saturated carbocycles. The smallest absolute Gasteiger partial charge is 0.251 e. The van der Waals surface area contributed by atoms with Gasteiger partial charge in [0.25, 0.3) is 5.91 Å². The molecule has 1 atom stereocenters. The van der Waals surface area contributed by atoms with E-state index >= 15 is 0 Å². The van der Waals surface area contributed by atoms with E-state index in [1.807, 2.05) is 6.07 Å². The lowest BCUT2D eigenvalue weighted by Gasteiger charge is -2.11. The third-order valence-electron chi connectivity index (χ3n) is 4.70. The predicted molar refractivity (Wildman–Crippen MR) is 108 cm³/mol. The van der Waals surface area contributed by atoms with Crippen molar-refractivity contribution in [1.29, 1.82) is 0 Å². The highest BCUT2D eigenvalue weighted by atomic mass is 19.1. The minimum atomic E-state index is -0.306. The zero-order valence-corrected chi connectivity index (χ0v) is 15.8. The molecule has 3 aromatic rings. The second kappa shape index (κ2) is 8.79. The molecule has 1 aromatic heterocycles. The van der Waals surface area contributed by atoms with Gasteiger partial charge in [0.1, 0.15) is 5.82 Å². The Bertz CT molecular complexity index is 988. The van der Waals surface area contributed by atoms with Gasteiger partial charge in [-0.05, 0) is 48.7 Å². The number of halogens is 1. The Morgan fingerprint density at radius 2 is 1.93 bits per heavy atom. The van der Waals surface area contributed by atoms with Crippen LogP contribution in [0.1, 0.15) is 23.2 Å². The Labute approximate surface area is 168 Å². The second-order valence-corrected chi connectivity index (χ2v) is 6.86. The molecule has 1 aliphatic heterocycles. The van der Waals surface area contributed by atoms with Gasteiger partial charge in [-0.15, -0.1) is 0 Å². The average Bonchev–Trinajstić information content (AvgIpc) is 3.26. The number of nitrogens with one attached hydrogen (secondary N) is 2. The van der Waals surface area contributed by atoms with Gasteiger partial charge in [0.15, 0.2) is 0 Å². The summed E-state index contributed by atoms with van der Waals surface area (Å²) >= 11 is 0. The van der Waals surface area contributed by atoms with E-state index in [9.17, 15) is 9.18 Å². The summed E-state index contributed by atoms with van der Waals surface area (Å²) in [7, 11) is 0. The van der Waals surface area contributed by atoms with E-state index in [0.717, 1.165) is 25.0 Å². The first-order valence-corrected chi connectivity index (χ1v) is 9.52. The first-order valence-electron chi connectivity index (χ1n) is 9.52. The maximum absolute atomic E-state index is 13.4. The van der Waals surface area contributed by atoms with Crippen molar-refractivity contribution in [2.75, 3.05) is 18.5 Å². The average molecular weight is 392 g/mol. The van der Waals surface area contributed by atoms with E-state index in [0.29, 0.717) is 29.3 Å². The molecule has 0 aliphatic carbocycles. The van der Waals surface area contributed by atoms with Gasteiger partial charge in [0.05, 0.1) is 6.10 Å². The minimum absolute atomic E-state index is 0.102. The summed E-state index contributed by atoms with van der Waals surface area (Å²) in [6, 6.07) is 13.4. The van der Waals surface area contributed by atoms with E-state index in [1.165, 1.54) is 12.1 Å². The topological polar surface area (TPSA) is 76.1 Å². The van der Waals surface area contributed by atoms with E-state index in [2.05, 4.69) is 20.6 Å². The molecule has 1 aliphatic rings. The Hall–Kier alpha value is -3.32. The van der Waals surface area contributed by atoms with Crippen molar-refractivity contribution < 1.29 is 13.9 Å². The highest BCUT2D eigenvalue weighted by molar-refractivity contribution is 5.95. The quantitative estimate of drug-likeness (QED) is 0.665. The first kappa shape index (κ1) is 19.0. The highest BCUT2D eigenvalue weighted by Gasteiger charge is 2.16. The third kappa shape index (κ3) is 4.94. The van der Waals surface area contributed by atoms with Gasteiger partial charge in [-0.3, -0.25) is 4.79 Å². The van der Waals surface area contributed by atoms with E-state index in [4.69, 9.17) is 4.74 Å². The van der Waals surface area contributed by atoms with Gasteiger partial charge in [-0.25, -0.2) is 14.4 Å². The number of anilines is 2. The number of rotatable bonds is 6. The number of nitrogens with zero attached hydrogens (tertiary/aromatic N) is 2. The van der Waals surface area contributed by atoms with E-state index < -0.39 is 0 Å². The van der Waals surface area contributed by atoms with Crippen LogP contribution in [0, 0.1) is 5.82 Å². The number of hydrogen-bond donors (Lipinski definition) is 2. The fourth-order valence-electron chi connectivity index (χ4n) is 3.19. The van der Waals surface area contributed by atoms with Crippen molar-refractivity contribution in [3.8, 4) is 11.1 Å². The van der Waals surface area contributed by atoms with Crippen molar-refractivity contribution in [3.63, 3.8) is 0 Å². The molecule has 148 valence electrons. The summed E-state index contributed by atoms with van der Waals surface area (Å²) < 4.78 is 18.9. The van der Waals surface area contributed by atoms with Gasteiger partial charge in [0, 0.05) is 42.4 Å². The Balaban J connectivity index is 1.40. The van der Waals surface area contributed by atoms with Crippen LogP contribution >= 0.6 is 0 Å². The van der Waals surface area contributed by atoms with Crippen LogP contribution in [-0.4, -0.2) is 35.1 Å². The largest absolute Gasteiger partial charge is 0.376 e. The molecule has 7 heteroatoms. The molecule has 0 radical (unpaired) electrons. The Morgan fingerprint density at radius 1 is 1.10 bits per heavy atom. The highest BCUT2D eigenvalue weighted by Crippen LogP contribution is 2.20. The summed E-state index contributed by atoms with van der Waals surface area (Å²) in [6.45, 7) is 1.28. The molecular formula is C22H21FN4O2. The first-order chi connectivity index (χ1) is 14.2. The molecule has 2 aromatic carbocycles. The number of amides is 1. The number of hydrogen-bond acceptors (Lipinski definition) is 5. The minimum Gasteiger partial charge on any atom is -0.376 e. The second-order valence-electron chi connectivity index (χ2n) is 6.86. The molecule has 4 rings (SSSR count). The maximum atomic E-state index is 13.4. The van der Waals surface area contributed by atoms with Crippen molar-refractivity contribution >= 4 is 17.5 Å². The maximum Gasteiger partial charge on any atom is 0.251 e. The molecule has 1 saturated heterocycles. The summed E-state index contributed by atoms with van der Waals surface area (Å²) in [5, 5.41) is 5.99. The van der Waals surface area contributed by atoms with Crippen LogP contribution in [0.3, 0.4) is 0 Å². The molecule has 2 N–H and O–H groups in total. The van der Waals surface area contributed by atoms with Crippen LogP contribution in [0.25, 0.3) is 11.1 Å². The van der Waals surface area contributed by atoms with Crippen molar-refractivity contribution in [3.05, 3.63) is 72.3 Å². The van der Waals surface area contributed by atoms with Crippen LogP contribution in [0.15, 0.2) is 60.9 Å². The molecule has 1 fully saturated rings. The lowest BCUT2D eigenvalue weighted by Crippen LogP contribution is -2.31. The van der Waals surface area contributed by atoms with Crippen LogP contribution in [0.4, 0.5) is 16.0 Å². The third-order valence-corrected chi connectivity index (χ3v) is 4.70. The molecule has 0 spiro atoms. The number of carbonyl (C=O) groups excluding carboxylic acids is 1. The predicted octanol–water partition coefficient (Wildman–Crippen LogP) is 3.94. The molecule has 1 amide bonds. The summed E-state index contributed by atoms with van der Waals surface area (Å²) in [5.74, 6) is -0.0622. The molecule has 0 bridgehead atoms. The van der Waals surface area contributed by atoms with Gasteiger partial charge in [-0.2, -0.15) is 0 Å². The summed E-state index contributed by atoms with van der Waals surface area (Å²) in [4.78, 5) is 20.9. The monoisotopic (exact) mass is 392 g/mol. The summed E-state index contributed by atoms with van der Waals surface area (Å²) in [5.41, 5.74) is 2.68. The van der Waals surface area contributed by atoms with Crippen LogP contribution < -0.4 is 10.6 Å². The number of ether oxygens (including phenoxy) is 1. The van der Waals surface area contributed by atoms with E-state index in [-0.39, 0.29) is 17.8 Å². The van der Waals surface area contributed by atoms with Crippen molar-refractivity contribution in [2.24, 2.45) is 0 Å². The summed E-state index contributed by atoms with van der Waals surface area (Å²) in [6.07, 6.45) is 5.37. The molecule has 0 unspecified atom stereocenters. The molecule has 29 heavy (non-hydrogen) atoms. The standard InChI is InChI=1S/C22H21FN4O2/c23-18-6-1-4-15(10-18)17-12-25-22(26-13-17)27-19-7-2-5-16(11-19)21(28)24-14-20-8-3-9-29-20/h1-2,4-7,10-13,20H,3,8-9,14H2,(H,24,28)(H,25,26,27)/t20-/m1/s1. The van der Waals surface area contributed by atoms with Gasteiger partial charge < -0.3 is 15.4 Å². The Morgan fingerprint density at radius 3 is 2.69 bits per heavy atom. The number of benzene rings is 2. The molecular weight excluding hydrogens is 371 g/mol.